The lowest BCUT2D eigenvalue weighted by molar-refractivity contribution is -0.112. The first-order valence-electron chi connectivity index (χ1n) is 7.95. The molecule has 1 aromatic carbocycles. The van der Waals surface area contributed by atoms with Crippen molar-refractivity contribution >= 4 is 11.6 Å². The van der Waals surface area contributed by atoms with E-state index in [2.05, 4.69) is 17.6 Å². The first-order chi connectivity index (χ1) is 11.1. The Morgan fingerprint density at radius 3 is 2.61 bits per heavy atom. The van der Waals surface area contributed by atoms with Gasteiger partial charge in [-0.1, -0.05) is 19.8 Å². The average Bonchev–Trinajstić information content (AvgIpc) is 2.57. The Hall–Kier alpha value is -2.48. The number of methoxy groups -OCH3 is 1. The average molecular weight is 313 g/mol. The van der Waals surface area contributed by atoms with Crippen LogP contribution in [0.3, 0.4) is 0 Å². The van der Waals surface area contributed by atoms with Gasteiger partial charge >= 0.3 is 0 Å². The monoisotopic (exact) mass is 313 g/mol. The van der Waals surface area contributed by atoms with Crippen LogP contribution in [-0.2, 0) is 4.79 Å². The second-order valence-corrected chi connectivity index (χ2v) is 5.89. The van der Waals surface area contributed by atoms with Crippen LogP contribution in [0.5, 0.6) is 5.75 Å². The molecule has 5 nitrogen and oxygen atoms in total. The SMILES string of the molecule is COc1ccc(NC(=O)/C(C#N)=C\NC2CCCCC2C)cc1. The number of nitriles is 1. The predicted molar refractivity (Wildman–Crippen MR) is 89.9 cm³/mol. The Kier molecular flexibility index (Phi) is 6.04. The second kappa shape index (κ2) is 8.23. The van der Waals surface area contributed by atoms with Gasteiger partial charge in [-0.25, -0.2) is 0 Å². The van der Waals surface area contributed by atoms with Gasteiger partial charge in [0.25, 0.3) is 5.91 Å². The first kappa shape index (κ1) is 16.9. The molecule has 5 heteroatoms. The molecule has 0 aromatic heterocycles. The number of hydrogen-bond donors (Lipinski definition) is 2. The third kappa shape index (κ3) is 4.75. The predicted octanol–water partition coefficient (Wildman–Crippen LogP) is 3.21. The maximum Gasteiger partial charge on any atom is 0.267 e. The fourth-order valence-corrected chi connectivity index (χ4v) is 2.78. The van der Waals surface area contributed by atoms with E-state index in [-0.39, 0.29) is 5.57 Å². The molecule has 0 aliphatic heterocycles. The highest BCUT2D eigenvalue weighted by Gasteiger charge is 2.20. The lowest BCUT2D eigenvalue weighted by Gasteiger charge is -2.29. The molecule has 1 saturated carbocycles. The van der Waals surface area contributed by atoms with Crippen molar-refractivity contribution in [1.29, 1.82) is 5.26 Å². The summed E-state index contributed by atoms with van der Waals surface area (Å²) < 4.78 is 5.07. The van der Waals surface area contributed by atoms with Crippen LogP contribution in [0.2, 0.25) is 0 Å². The summed E-state index contributed by atoms with van der Waals surface area (Å²) in [5.74, 6) is 0.866. The molecule has 1 aromatic rings. The number of carbonyl (C=O) groups is 1. The fraction of sp³-hybridized carbons (Fsp3) is 0.444. The summed E-state index contributed by atoms with van der Waals surface area (Å²) in [4.78, 5) is 12.2. The number of benzene rings is 1. The van der Waals surface area contributed by atoms with Crippen molar-refractivity contribution in [1.82, 2.24) is 5.32 Å². The molecule has 1 aliphatic rings. The molecule has 2 N–H and O–H groups in total. The molecule has 2 unspecified atom stereocenters. The van der Waals surface area contributed by atoms with Crippen molar-refractivity contribution < 1.29 is 9.53 Å². The Morgan fingerprint density at radius 2 is 2.00 bits per heavy atom. The number of nitrogens with one attached hydrogen (secondary N) is 2. The van der Waals surface area contributed by atoms with E-state index in [0.29, 0.717) is 23.4 Å². The molecule has 2 atom stereocenters. The van der Waals surface area contributed by atoms with Gasteiger partial charge in [0.15, 0.2) is 0 Å². The molecule has 0 bridgehead atoms. The van der Waals surface area contributed by atoms with Crippen LogP contribution in [-0.4, -0.2) is 19.1 Å². The minimum absolute atomic E-state index is 0.0820. The summed E-state index contributed by atoms with van der Waals surface area (Å²) in [6, 6.07) is 9.29. The van der Waals surface area contributed by atoms with Gasteiger partial charge in [-0.2, -0.15) is 5.26 Å². The van der Waals surface area contributed by atoms with Crippen LogP contribution in [0.25, 0.3) is 0 Å². The normalized spacial score (nSPS) is 21.2. The molecular formula is C18H23N3O2. The van der Waals surface area contributed by atoms with Gasteiger partial charge < -0.3 is 15.4 Å². The summed E-state index contributed by atoms with van der Waals surface area (Å²) in [5, 5.41) is 15.2. The molecule has 1 fully saturated rings. The Labute approximate surface area is 137 Å². The van der Waals surface area contributed by atoms with Crippen LogP contribution in [0.4, 0.5) is 5.69 Å². The zero-order valence-electron chi connectivity index (χ0n) is 13.6. The van der Waals surface area contributed by atoms with Crippen LogP contribution in [0.1, 0.15) is 32.6 Å². The maximum absolute atomic E-state index is 12.2. The van der Waals surface area contributed by atoms with Gasteiger partial charge in [0.1, 0.15) is 17.4 Å². The fourth-order valence-electron chi connectivity index (χ4n) is 2.78. The van der Waals surface area contributed by atoms with Crippen molar-refractivity contribution in [2.45, 2.75) is 38.6 Å². The Morgan fingerprint density at radius 1 is 1.30 bits per heavy atom. The molecular weight excluding hydrogens is 290 g/mol. The highest BCUT2D eigenvalue weighted by Crippen LogP contribution is 2.23. The zero-order valence-corrected chi connectivity index (χ0v) is 13.6. The quantitative estimate of drug-likeness (QED) is 0.646. The van der Waals surface area contributed by atoms with E-state index in [9.17, 15) is 10.1 Å². The summed E-state index contributed by atoms with van der Waals surface area (Å²) in [7, 11) is 1.59. The van der Waals surface area contributed by atoms with Gasteiger partial charge in [-0.05, 0) is 43.0 Å². The lowest BCUT2D eigenvalue weighted by atomic mass is 9.86. The van der Waals surface area contributed by atoms with Gasteiger partial charge in [0, 0.05) is 17.9 Å². The van der Waals surface area contributed by atoms with E-state index < -0.39 is 5.91 Å². The van der Waals surface area contributed by atoms with Crippen LogP contribution < -0.4 is 15.4 Å². The molecule has 0 radical (unpaired) electrons. The van der Waals surface area contributed by atoms with Crippen molar-refractivity contribution in [3.8, 4) is 11.8 Å². The van der Waals surface area contributed by atoms with Crippen molar-refractivity contribution in [2.75, 3.05) is 12.4 Å². The molecule has 23 heavy (non-hydrogen) atoms. The molecule has 0 saturated heterocycles. The number of hydrogen-bond acceptors (Lipinski definition) is 4. The smallest absolute Gasteiger partial charge is 0.267 e. The van der Waals surface area contributed by atoms with E-state index in [0.717, 1.165) is 6.42 Å². The molecule has 0 heterocycles. The number of carbonyl (C=O) groups excluding carboxylic acids is 1. The van der Waals surface area contributed by atoms with Crippen molar-refractivity contribution in [3.05, 3.63) is 36.0 Å². The van der Waals surface area contributed by atoms with Crippen LogP contribution >= 0.6 is 0 Å². The highest BCUT2D eigenvalue weighted by atomic mass is 16.5. The van der Waals surface area contributed by atoms with Gasteiger partial charge in [0.05, 0.1) is 7.11 Å². The topological polar surface area (TPSA) is 74.1 Å². The highest BCUT2D eigenvalue weighted by molar-refractivity contribution is 6.06. The van der Waals surface area contributed by atoms with E-state index in [4.69, 9.17) is 4.74 Å². The number of amides is 1. The Balaban J connectivity index is 1.97. The minimum Gasteiger partial charge on any atom is -0.497 e. The number of ether oxygens (including phenoxy) is 1. The van der Waals surface area contributed by atoms with Gasteiger partial charge in [0.2, 0.25) is 0 Å². The van der Waals surface area contributed by atoms with Gasteiger partial charge in [-0.15, -0.1) is 0 Å². The molecule has 1 amide bonds. The van der Waals surface area contributed by atoms with E-state index in [1.54, 1.807) is 37.6 Å². The van der Waals surface area contributed by atoms with E-state index >= 15 is 0 Å². The number of rotatable bonds is 5. The van der Waals surface area contributed by atoms with Crippen molar-refractivity contribution in [3.63, 3.8) is 0 Å². The molecule has 122 valence electrons. The van der Waals surface area contributed by atoms with E-state index in [1.165, 1.54) is 19.3 Å². The third-order valence-corrected chi connectivity index (χ3v) is 4.27. The standard InChI is InChI=1S/C18H23N3O2/c1-13-5-3-4-6-17(13)20-12-14(11-19)18(22)21-15-7-9-16(23-2)10-8-15/h7-10,12-13,17,20H,3-6H2,1-2H3,(H,21,22)/b14-12-. The summed E-state index contributed by atoms with van der Waals surface area (Å²) >= 11 is 0. The van der Waals surface area contributed by atoms with Crippen molar-refractivity contribution in [2.24, 2.45) is 5.92 Å². The van der Waals surface area contributed by atoms with E-state index in [1.807, 2.05) is 6.07 Å². The Bertz CT molecular complexity index is 602. The summed E-state index contributed by atoms with van der Waals surface area (Å²) in [6.07, 6.45) is 6.26. The zero-order chi connectivity index (χ0) is 16.7. The molecule has 2 rings (SSSR count). The minimum atomic E-state index is -0.409. The second-order valence-electron chi connectivity index (χ2n) is 5.89. The van der Waals surface area contributed by atoms with Crippen LogP contribution in [0.15, 0.2) is 36.0 Å². The third-order valence-electron chi connectivity index (χ3n) is 4.27. The maximum atomic E-state index is 12.2. The van der Waals surface area contributed by atoms with Crippen LogP contribution in [0, 0.1) is 17.2 Å². The lowest BCUT2D eigenvalue weighted by Crippen LogP contribution is -2.34. The summed E-state index contributed by atoms with van der Waals surface area (Å²) in [6.45, 7) is 2.20. The largest absolute Gasteiger partial charge is 0.497 e. The first-order valence-corrected chi connectivity index (χ1v) is 7.95. The summed E-state index contributed by atoms with van der Waals surface area (Å²) in [5.41, 5.74) is 0.710. The van der Waals surface area contributed by atoms with Gasteiger partial charge in [-0.3, -0.25) is 4.79 Å². The molecule has 0 spiro atoms. The number of nitrogens with zero attached hydrogens (tertiary/aromatic N) is 1. The molecule has 1 aliphatic carbocycles. The number of anilines is 1.